The largest absolute Gasteiger partial charge is 0.482 e. The predicted molar refractivity (Wildman–Crippen MR) is 123 cm³/mol. The van der Waals surface area contributed by atoms with Gasteiger partial charge in [-0.2, -0.15) is 5.10 Å². The first kappa shape index (κ1) is 21.7. The minimum atomic E-state index is -0.816. The van der Waals surface area contributed by atoms with Crippen molar-refractivity contribution in [3.8, 4) is 17.0 Å². The van der Waals surface area contributed by atoms with Crippen molar-refractivity contribution in [3.63, 3.8) is 0 Å². The molecule has 0 aliphatic carbocycles. The first-order valence-electron chi connectivity index (χ1n) is 10.0. The summed E-state index contributed by atoms with van der Waals surface area (Å²) in [5, 5.41) is 8.97. The molecule has 3 aromatic carbocycles. The maximum absolute atomic E-state index is 14.2. The summed E-state index contributed by atoms with van der Waals surface area (Å²) < 4.78 is 48.0. The Bertz CT molecular complexity index is 1510. The van der Waals surface area contributed by atoms with Crippen LogP contribution in [0.25, 0.3) is 11.3 Å². The molecular formula is C24H15F3N4O2S. The zero-order valence-electron chi connectivity index (χ0n) is 17.3. The Hall–Kier alpha value is -4.18. The number of carbonyl (C=O) groups excluding carboxylic acids is 1. The summed E-state index contributed by atoms with van der Waals surface area (Å²) in [4.78, 5) is 16.3. The molecule has 6 nitrogen and oxygen atoms in total. The Morgan fingerprint density at radius 2 is 1.88 bits per heavy atom. The van der Waals surface area contributed by atoms with Gasteiger partial charge < -0.3 is 10.1 Å². The second-order valence-electron chi connectivity index (χ2n) is 7.27. The molecule has 0 unspecified atom stereocenters. The van der Waals surface area contributed by atoms with E-state index in [4.69, 9.17) is 4.74 Å². The van der Waals surface area contributed by atoms with Crippen molar-refractivity contribution in [2.45, 2.75) is 0 Å². The molecule has 0 bridgehead atoms. The fraction of sp³-hybridized carbons (Fsp3) is 0.0417. The molecule has 1 amide bonds. The lowest BCUT2D eigenvalue weighted by atomic mass is 10.1. The van der Waals surface area contributed by atoms with Gasteiger partial charge in [0.25, 0.3) is 5.91 Å². The maximum atomic E-state index is 14.2. The van der Waals surface area contributed by atoms with Crippen molar-refractivity contribution in [1.82, 2.24) is 4.68 Å². The van der Waals surface area contributed by atoms with Crippen LogP contribution in [0, 0.1) is 17.5 Å². The standard InChI is InChI=1S/C24H15F3N4O2S/c25-16-3-1-2-14(8-16)11-28-31-21(15-4-7-22-20(9-15)29-23(32)12-33-22)13-34-24(31)30-19-6-5-17(26)10-18(19)27/h1-11,13H,12H2,(H,29,32). The van der Waals surface area contributed by atoms with Crippen molar-refractivity contribution in [1.29, 1.82) is 0 Å². The molecule has 0 spiro atoms. The summed E-state index contributed by atoms with van der Waals surface area (Å²) in [6.07, 6.45) is 1.45. The zero-order chi connectivity index (χ0) is 23.7. The lowest BCUT2D eigenvalue weighted by molar-refractivity contribution is -0.118. The molecule has 1 aromatic heterocycles. The van der Waals surface area contributed by atoms with E-state index >= 15 is 0 Å². The summed E-state index contributed by atoms with van der Waals surface area (Å²) >= 11 is 1.18. The average molecular weight is 480 g/mol. The van der Waals surface area contributed by atoms with E-state index in [0.29, 0.717) is 33.1 Å². The van der Waals surface area contributed by atoms with Gasteiger partial charge in [0.2, 0.25) is 4.80 Å². The molecule has 0 atom stereocenters. The Morgan fingerprint density at radius 1 is 1.03 bits per heavy atom. The molecule has 1 aliphatic heterocycles. The number of hydrogen-bond donors (Lipinski definition) is 1. The summed E-state index contributed by atoms with van der Waals surface area (Å²) in [5.41, 5.74) is 2.22. The van der Waals surface area contributed by atoms with Crippen molar-refractivity contribution < 1.29 is 22.7 Å². The van der Waals surface area contributed by atoms with Crippen LogP contribution in [0.15, 0.2) is 76.1 Å². The molecule has 2 heterocycles. The number of ether oxygens (including phenoxy) is 1. The molecule has 4 aromatic rings. The Labute approximate surface area is 195 Å². The monoisotopic (exact) mass is 480 g/mol. The first-order valence-corrected chi connectivity index (χ1v) is 10.9. The number of benzene rings is 3. The van der Waals surface area contributed by atoms with E-state index in [1.807, 2.05) is 0 Å². The van der Waals surface area contributed by atoms with Gasteiger partial charge >= 0.3 is 0 Å². The van der Waals surface area contributed by atoms with Crippen molar-refractivity contribution in [3.05, 3.63) is 93.9 Å². The Kier molecular flexibility index (Phi) is 5.72. The maximum Gasteiger partial charge on any atom is 0.262 e. The molecule has 5 rings (SSSR count). The molecule has 0 radical (unpaired) electrons. The zero-order valence-corrected chi connectivity index (χ0v) is 18.2. The second kappa shape index (κ2) is 8.99. The van der Waals surface area contributed by atoms with Crippen LogP contribution in [-0.2, 0) is 4.79 Å². The van der Waals surface area contributed by atoms with Crippen LogP contribution in [0.4, 0.5) is 24.5 Å². The lowest BCUT2D eigenvalue weighted by Crippen LogP contribution is -2.25. The molecule has 34 heavy (non-hydrogen) atoms. The molecule has 170 valence electrons. The lowest BCUT2D eigenvalue weighted by Gasteiger charge is -2.18. The molecule has 0 saturated carbocycles. The number of nitrogens with zero attached hydrogens (tertiary/aromatic N) is 3. The van der Waals surface area contributed by atoms with Crippen LogP contribution in [0.1, 0.15) is 5.56 Å². The number of rotatable bonds is 4. The average Bonchev–Trinajstić information content (AvgIpc) is 3.21. The SMILES string of the molecule is O=C1COc2ccc(-c3csc(=Nc4ccc(F)cc4F)n3N=Cc3cccc(F)c3)cc2N1. The molecule has 10 heteroatoms. The number of carbonyl (C=O) groups is 1. The third kappa shape index (κ3) is 4.48. The highest BCUT2D eigenvalue weighted by atomic mass is 32.1. The fourth-order valence-corrected chi connectivity index (χ4v) is 4.17. The van der Waals surface area contributed by atoms with Gasteiger partial charge in [0.05, 0.1) is 17.6 Å². The van der Waals surface area contributed by atoms with E-state index in [9.17, 15) is 18.0 Å². The summed E-state index contributed by atoms with van der Waals surface area (Å²) in [6.45, 7) is -0.0605. The van der Waals surface area contributed by atoms with Crippen LogP contribution in [-0.4, -0.2) is 23.4 Å². The van der Waals surface area contributed by atoms with Gasteiger partial charge in [-0.25, -0.2) is 22.8 Å². The minimum Gasteiger partial charge on any atom is -0.482 e. The number of halogens is 3. The van der Waals surface area contributed by atoms with Gasteiger partial charge in [-0.15, -0.1) is 11.3 Å². The van der Waals surface area contributed by atoms with Gasteiger partial charge in [-0.1, -0.05) is 12.1 Å². The first-order chi connectivity index (χ1) is 16.5. The Morgan fingerprint density at radius 3 is 2.71 bits per heavy atom. The van der Waals surface area contributed by atoms with Gasteiger partial charge in [-0.05, 0) is 48.0 Å². The third-order valence-corrected chi connectivity index (χ3v) is 5.71. The molecule has 1 aliphatic rings. The smallest absolute Gasteiger partial charge is 0.262 e. The van der Waals surface area contributed by atoms with Crippen molar-refractivity contribution >= 4 is 34.8 Å². The number of anilines is 1. The number of amides is 1. The number of thiazole rings is 1. The van der Waals surface area contributed by atoms with Gasteiger partial charge in [0.15, 0.2) is 12.4 Å². The predicted octanol–water partition coefficient (Wildman–Crippen LogP) is 5.08. The molecule has 0 fully saturated rings. The highest BCUT2D eigenvalue weighted by molar-refractivity contribution is 7.07. The van der Waals surface area contributed by atoms with E-state index < -0.39 is 17.5 Å². The van der Waals surface area contributed by atoms with Crippen LogP contribution in [0.3, 0.4) is 0 Å². The van der Waals surface area contributed by atoms with Crippen molar-refractivity contribution in [2.75, 3.05) is 11.9 Å². The molecular weight excluding hydrogens is 465 g/mol. The van der Waals surface area contributed by atoms with E-state index in [-0.39, 0.29) is 18.2 Å². The number of hydrogen-bond acceptors (Lipinski definition) is 5. The summed E-state index contributed by atoms with van der Waals surface area (Å²) in [6, 6.07) is 14.2. The number of fused-ring (bicyclic) bond motifs is 1. The topological polar surface area (TPSA) is 68.0 Å². The quantitative estimate of drug-likeness (QED) is 0.414. The van der Waals surface area contributed by atoms with E-state index in [1.165, 1.54) is 40.4 Å². The normalized spacial score (nSPS) is 13.6. The highest BCUT2D eigenvalue weighted by Gasteiger charge is 2.18. The molecule has 1 N–H and O–H groups in total. The van der Waals surface area contributed by atoms with E-state index in [1.54, 1.807) is 35.7 Å². The molecule has 0 saturated heterocycles. The minimum absolute atomic E-state index is 0.0596. The van der Waals surface area contributed by atoms with Gasteiger partial charge in [0.1, 0.15) is 23.1 Å². The van der Waals surface area contributed by atoms with E-state index in [0.717, 1.165) is 12.1 Å². The summed E-state index contributed by atoms with van der Waals surface area (Å²) in [7, 11) is 0. The van der Waals surface area contributed by atoms with Crippen LogP contribution < -0.4 is 14.9 Å². The fourth-order valence-electron chi connectivity index (χ4n) is 3.32. The van der Waals surface area contributed by atoms with Crippen LogP contribution in [0.2, 0.25) is 0 Å². The van der Waals surface area contributed by atoms with Crippen LogP contribution in [0.5, 0.6) is 5.75 Å². The number of nitrogens with one attached hydrogen (secondary N) is 1. The second-order valence-corrected chi connectivity index (χ2v) is 8.11. The van der Waals surface area contributed by atoms with Gasteiger partial charge in [-0.3, -0.25) is 4.79 Å². The summed E-state index contributed by atoms with van der Waals surface area (Å²) in [5.74, 6) is -1.67. The van der Waals surface area contributed by atoms with E-state index in [2.05, 4.69) is 15.4 Å². The van der Waals surface area contributed by atoms with Crippen LogP contribution >= 0.6 is 11.3 Å². The third-order valence-electron chi connectivity index (χ3n) is 4.89. The highest BCUT2D eigenvalue weighted by Crippen LogP contribution is 2.33. The number of aromatic nitrogens is 1. The van der Waals surface area contributed by atoms with Gasteiger partial charge in [0, 0.05) is 17.0 Å². The Balaban J connectivity index is 1.64. The van der Waals surface area contributed by atoms with Crippen molar-refractivity contribution in [2.24, 2.45) is 10.1 Å².